The van der Waals surface area contributed by atoms with Gasteiger partial charge in [0.15, 0.2) is 11.5 Å². The van der Waals surface area contributed by atoms with Gasteiger partial charge < -0.3 is 14.8 Å². The van der Waals surface area contributed by atoms with Crippen molar-refractivity contribution >= 4 is 5.82 Å². The summed E-state index contributed by atoms with van der Waals surface area (Å²) < 4.78 is 10.8. The van der Waals surface area contributed by atoms with E-state index in [1.807, 2.05) is 24.4 Å². The molecule has 0 saturated heterocycles. The van der Waals surface area contributed by atoms with E-state index >= 15 is 0 Å². The lowest BCUT2D eigenvalue weighted by Crippen LogP contribution is -2.10. The minimum Gasteiger partial charge on any atom is -0.454 e. The van der Waals surface area contributed by atoms with Crippen LogP contribution in [0.15, 0.2) is 36.5 Å². The summed E-state index contributed by atoms with van der Waals surface area (Å²) >= 11 is 0. The van der Waals surface area contributed by atoms with Gasteiger partial charge in [-0.15, -0.1) is 0 Å². The van der Waals surface area contributed by atoms with Crippen molar-refractivity contribution < 1.29 is 9.47 Å². The largest absolute Gasteiger partial charge is 0.454 e. The molecule has 1 atom stereocenters. The highest BCUT2D eigenvalue weighted by atomic mass is 16.7. The molecule has 4 heteroatoms. The molecule has 2 heterocycles. The second-order valence-electron chi connectivity index (χ2n) is 4.94. The Balaban J connectivity index is 1.83. The zero-order valence-electron chi connectivity index (χ0n) is 11.7. The van der Waals surface area contributed by atoms with E-state index in [1.54, 1.807) is 0 Å². The van der Waals surface area contributed by atoms with E-state index in [2.05, 4.69) is 36.3 Å². The Kier molecular flexibility index (Phi) is 3.46. The van der Waals surface area contributed by atoms with Gasteiger partial charge >= 0.3 is 0 Å². The van der Waals surface area contributed by atoms with Gasteiger partial charge in [0.1, 0.15) is 5.82 Å². The van der Waals surface area contributed by atoms with Crippen LogP contribution in [-0.2, 0) is 0 Å². The first-order valence-corrected chi connectivity index (χ1v) is 6.85. The molecule has 0 amide bonds. The fourth-order valence-electron chi connectivity index (χ4n) is 2.34. The molecule has 0 radical (unpaired) electrons. The predicted molar refractivity (Wildman–Crippen MR) is 78.2 cm³/mol. The van der Waals surface area contributed by atoms with Gasteiger partial charge in [0.05, 0.1) is 6.04 Å². The molecule has 1 aliphatic rings. The number of hydrogen-bond acceptors (Lipinski definition) is 4. The number of nitrogens with zero attached hydrogens (tertiary/aromatic N) is 1. The monoisotopic (exact) mass is 270 g/mol. The molecule has 4 nitrogen and oxygen atoms in total. The number of ether oxygens (including phenoxy) is 2. The highest BCUT2D eigenvalue weighted by Crippen LogP contribution is 2.35. The highest BCUT2D eigenvalue weighted by molar-refractivity contribution is 5.47. The van der Waals surface area contributed by atoms with Gasteiger partial charge in [-0.3, -0.25) is 0 Å². The maximum atomic E-state index is 5.44. The van der Waals surface area contributed by atoms with Crippen molar-refractivity contribution in [3.8, 4) is 11.5 Å². The number of rotatable bonds is 4. The minimum atomic E-state index is 0.207. The first kappa shape index (κ1) is 12.8. The number of fused-ring (bicyclic) bond motifs is 1. The highest BCUT2D eigenvalue weighted by Gasteiger charge is 2.17. The third kappa shape index (κ3) is 2.54. The first-order chi connectivity index (χ1) is 9.76. The Morgan fingerprint density at radius 3 is 2.85 bits per heavy atom. The number of nitrogens with one attached hydrogen (secondary N) is 1. The lowest BCUT2D eigenvalue weighted by Gasteiger charge is -2.18. The average molecular weight is 270 g/mol. The molecule has 104 valence electrons. The smallest absolute Gasteiger partial charge is 0.231 e. The fraction of sp³-hybridized carbons (Fsp3) is 0.312. The van der Waals surface area contributed by atoms with E-state index < -0.39 is 0 Å². The molecule has 0 bridgehead atoms. The van der Waals surface area contributed by atoms with Gasteiger partial charge in [-0.2, -0.15) is 0 Å². The normalized spacial score (nSPS) is 14.1. The van der Waals surface area contributed by atoms with Crippen molar-refractivity contribution in [2.24, 2.45) is 0 Å². The summed E-state index contributed by atoms with van der Waals surface area (Å²) in [6.45, 7) is 4.52. The zero-order chi connectivity index (χ0) is 13.9. The van der Waals surface area contributed by atoms with E-state index in [0.29, 0.717) is 6.79 Å². The third-order valence-corrected chi connectivity index (χ3v) is 3.44. The Bertz CT molecular complexity index is 613. The molecule has 20 heavy (non-hydrogen) atoms. The van der Waals surface area contributed by atoms with Crippen LogP contribution in [0.2, 0.25) is 0 Å². The summed E-state index contributed by atoms with van der Waals surface area (Å²) in [7, 11) is 0. The topological polar surface area (TPSA) is 43.4 Å². The number of aryl methyl sites for hydroxylation is 1. The molecule has 1 aromatic heterocycles. The summed E-state index contributed by atoms with van der Waals surface area (Å²) in [6, 6.07) is 10.3. The van der Waals surface area contributed by atoms with E-state index in [9.17, 15) is 0 Å². The first-order valence-electron chi connectivity index (χ1n) is 6.85. The van der Waals surface area contributed by atoms with Crippen LogP contribution in [0.1, 0.15) is 30.5 Å². The Morgan fingerprint density at radius 2 is 2.05 bits per heavy atom. The van der Waals surface area contributed by atoms with E-state index in [1.165, 1.54) is 11.1 Å². The van der Waals surface area contributed by atoms with Crippen molar-refractivity contribution in [2.45, 2.75) is 26.3 Å². The van der Waals surface area contributed by atoms with Crippen molar-refractivity contribution in [3.63, 3.8) is 0 Å². The van der Waals surface area contributed by atoms with E-state index in [-0.39, 0.29) is 6.04 Å². The third-order valence-electron chi connectivity index (χ3n) is 3.44. The molecule has 0 saturated carbocycles. The molecule has 1 aromatic carbocycles. The van der Waals surface area contributed by atoms with Crippen LogP contribution in [0.3, 0.4) is 0 Å². The van der Waals surface area contributed by atoms with E-state index in [4.69, 9.17) is 9.47 Å². The Labute approximate surface area is 118 Å². The minimum absolute atomic E-state index is 0.207. The summed E-state index contributed by atoms with van der Waals surface area (Å²) in [5.74, 6) is 2.53. The molecule has 0 fully saturated rings. The van der Waals surface area contributed by atoms with Crippen LogP contribution in [0, 0.1) is 6.92 Å². The second kappa shape index (κ2) is 5.41. The van der Waals surface area contributed by atoms with Crippen molar-refractivity contribution in [1.82, 2.24) is 4.98 Å². The second-order valence-corrected chi connectivity index (χ2v) is 4.94. The van der Waals surface area contributed by atoms with Crippen LogP contribution in [-0.4, -0.2) is 11.8 Å². The molecule has 0 spiro atoms. The molecule has 1 N–H and O–H groups in total. The number of hydrogen-bond donors (Lipinski definition) is 1. The molecule has 0 aliphatic carbocycles. The van der Waals surface area contributed by atoms with Gasteiger partial charge in [0.25, 0.3) is 0 Å². The number of pyridine rings is 1. The van der Waals surface area contributed by atoms with Crippen LogP contribution in [0.25, 0.3) is 0 Å². The van der Waals surface area contributed by atoms with Crippen LogP contribution in [0.4, 0.5) is 5.82 Å². The van der Waals surface area contributed by atoms with Crippen LogP contribution >= 0.6 is 0 Å². The summed E-state index contributed by atoms with van der Waals surface area (Å²) in [5, 5.41) is 3.47. The Morgan fingerprint density at radius 1 is 1.20 bits per heavy atom. The van der Waals surface area contributed by atoms with Gasteiger partial charge in [0, 0.05) is 6.20 Å². The predicted octanol–water partition coefficient (Wildman–Crippen LogP) is 3.68. The molecule has 2 aromatic rings. The van der Waals surface area contributed by atoms with Crippen LogP contribution < -0.4 is 14.8 Å². The van der Waals surface area contributed by atoms with Crippen LogP contribution in [0.5, 0.6) is 11.5 Å². The number of aromatic nitrogens is 1. The van der Waals surface area contributed by atoms with Crippen molar-refractivity contribution in [2.75, 3.05) is 12.1 Å². The molecular formula is C16H18N2O2. The summed E-state index contributed by atoms with van der Waals surface area (Å²) in [4.78, 5) is 4.36. The van der Waals surface area contributed by atoms with E-state index in [0.717, 1.165) is 23.7 Å². The van der Waals surface area contributed by atoms with Gasteiger partial charge in [-0.1, -0.05) is 13.0 Å². The van der Waals surface area contributed by atoms with Crippen molar-refractivity contribution in [3.05, 3.63) is 47.7 Å². The zero-order valence-corrected chi connectivity index (χ0v) is 11.7. The average Bonchev–Trinajstić information content (AvgIpc) is 2.92. The standard InChI is InChI=1S/C16H18N2O2/c1-3-13(18-16-8-11(2)6-7-17-16)12-4-5-14-15(9-12)20-10-19-14/h4-9,13H,3,10H2,1-2H3,(H,17,18). The number of benzene rings is 1. The summed E-state index contributed by atoms with van der Waals surface area (Å²) in [5.41, 5.74) is 2.38. The molecular weight excluding hydrogens is 252 g/mol. The SMILES string of the molecule is CCC(Nc1cc(C)ccn1)c1ccc2c(c1)OCO2. The lowest BCUT2D eigenvalue weighted by atomic mass is 10.0. The molecule has 3 rings (SSSR count). The summed E-state index contributed by atoms with van der Waals surface area (Å²) in [6.07, 6.45) is 2.79. The molecule has 1 aliphatic heterocycles. The van der Waals surface area contributed by atoms with Gasteiger partial charge in [-0.25, -0.2) is 4.98 Å². The fourth-order valence-corrected chi connectivity index (χ4v) is 2.34. The number of anilines is 1. The Hall–Kier alpha value is -2.23. The maximum absolute atomic E-state index is 5.44. The van der Waals surface area contributed by atoms with Gasteiger partial charge in [-0.05, 0) is 48.7 Å². The van der Waals surface area contributed by atoms with Gasteiger partial charge in [0.2, 0.25) is 6.79 Å². The maximum Gasteiger partial charge on any atom is 0.231 e. The van der Waals surface area contributed by atoms with Crippen molar-refractivity contribution in [1.29, 1.82) is 0 Å². The molecule has 1 unspecified atom stereocenters. The lowest BCUT2D eigenvalue weighted by molar-refractivity contribution is 0.174. The quantitative estimate of drug-likeness (QED) is 0.920.